The normalized spacial score (nSPS) is 11.0. The summed E-state index contributed by atoms with van der Waals surface area (Å²) in [6.07, 6.45) is 2.77. The van der Waals surface area contributed by atoms with E-state index in [9.17, 15) is 13.2 Å². The van der Waals surface area contributed by atoms with Gasteiger partial charge in [-0.3, -0.25) is 0 Å². The van der Waals surface area contributed by atoms with Gasteiger partial charge in [-0.1, -0.05) is 12.1 Å². The van der Waals surface area contributed by atoms with E-state index in [1.807, 2.05) is 0 Å². The van der Waals surface area contributed by atoms with Gasteiger partial charge in [-0.15, -0.1) is 12.3 Å². The lowest BCUT2D eigenvalue weighted by atomic mass is 10.1. The Labute approximate surface area is 80.8 Å². The fourth-order valence-electron chi connectivity index (χ4n) is 1.01. The van der Waals surface area contributed by atoms with E-state index in [0.717, 1.165) is 17.7 Å². The van der Waals surface area contributed by atoms with Gasteiger partial charge in [0.25, 0.3) is 0 Å². The van der Waals surface area contributed by atoms with Crippen LogP contribution in [0.25, 0.3) is 0 Å². The Kier molecular flexibility index (Phi) is 3.19. The smallest absolute Gasteiger partial charge is 0.166 e. The second kappa shape index (κ2) is 4.19. The van der Waals surface area contributed by atoms with Gasteiger partial charge < -0.3 is 0 Å². The number of benzene rings is 1. The molecule has 0 aliphatic carbocycles. The van der Waals surface area contributed by atoms with Crippen molar-refractivity contribution in [3.05, 3.63) is 41.8 Å². The van der Waals surface area contributed by atoms with Crippen LogP contribution < -0.4 is 0 Å². The third kappa shape index (κ3) is 2.81. The lowest BCUT2D eigenvalue weighted by Gasteiger charge is -2.06. The first-order chi connectivity index (χ1) is 6.54. The minimum Gasteiger partial charge on any atom is -0.166 e. The molecule has 0 amide bonds. The van der Waals surface area contributed by atoms with Crippen LogP contribution in [-0.4, -0.2) is 0 Å². The molecular weight excluding hydrogens is 189 g/mol. The molecule has 0 N–H and O–H groups in total. The second-order valence-corrected chi connectivity index (χ2v) is 2.77. The first kappa shape index (κ1) is 10.6. The number of terminal acetylenes is 1. The fourth-order valence-corrected chi connectivity index (χ4v) is 1.01. The molecule has 0 aliphatic rings. The summed E-state index contributed by atoms with van der Waals surface area (Å²) < 4.78 is 36.4. The first-order valence-electron chi connectivity index (χ1n) is 3.98. The van der Waals surface area contributed by atoms with Crippen molar-refractivity contribution in [2.45, 2.75) is 12.6 Å². The van der Waals surface area contributed by atoms with Gasteiger partial charge in [-0.05, 0) is 24.1 Å². The molecule has 3 heteroatoms. The molecular formula is C11H8F3. The molecule has 0 aliphatic heterocycles. The van der Waals surface area contributed by atoms with Gasteiger partial charge in [0.05, 0.1) is 5.56 Å². The van der Waals surface area contributed by atoms with Crippen LogP contribution in [0, 0.1) is 18.8 Å². The summed E-state index contributed by atoms with van der Waals surface area (Å²) in [6, 6.07) is 4.96. The molecule has 1 rings (SSSR count). The van der Waals surface area contributed by atoms with Crippen molar-refractivity contribution in [3.63, 3.8) is 0 Å². The number of hydrogen-bond acceptors (Lipinski definition) is 0. The molecule has 0 saturated carbocycles. The van der Waals surface area contributed by atoms with Gasteiger partial charge in [0.15, 0.2) is 0 Å². The predicted octanol–water partition coefficient (Wildman–Crippen LogP) is 3.09. The maximum absolute atomic E-state index is 12.1. The van der Waals surface area contributed by atoms with Crippen LogP contribution >= 0.6 is 0 Å². The highest BCUT2D eigenvalue weighted by molar-refractivity contribution is 5.26. The highest BCUT2D eigenvalue weighted by Crippen LogP contribution is 2.29. The molecule has 73 valence electrons. The summed E-state index contributed by atoms with van der Waals surface area (Å²) >= 11 is 0. The molecule has 0 spiro atoms. The van der Waals surface area contributed by atoms with Gasteiger partial charge in [0.2, 0.25) is 0 Å². The molecule has 14 heavy (non-hydrogen) atoms. The SMILES string of the molecule is C#C[CH]Cc1ccc(C(F)(F)F)cc1. The summed E-state index contributed by atoms with van der Waals surface area (Å²) in [5.74, 6) is 2.31. The Hall–Kier alpha value is -1.43. The van der Waals surface area contributed by atoms with Crippen LogP contribution in [0.5, 0.6) is 0 Å². The Bertz CT molecular complexity index is 327. The standard InChI is InChI=1S/C11H8F3/c1-2-3-4-9-5-7-10(8-6-9)11(12,13)14/h1,3,5-8H,4H2. The van der Waals surface area contributed by atoms with Crippen LogP contribution in [-0.2, 0) is 12.6 Å². The van der Waals surface area contributed by atoms with Crippen LogP contribution in [0.2, 0.25) is 0 Å². The Morgan fingerprint density at radius 3 is 2.21 bits per heavy atom. The van der Waals surface area contributed by atoms with Gasteiger partial charge in [-0.25, -0.2) is 0 Å². The van der Waals surface area contributed by atoms with Crippen molar-refractivity contribution in [2.24, 2.45) is 0 Å². The molecule has 0 bridgehead atoms. The van der Waals surface area contributed by atoms with Crippen LogP contribution in [0.4, 0.5) is 13.2 Å². The zero-order valence-electron chi connectivity index (χ0n) is 7.31. The van der Waals surface area contributed by atoms with Crippen LogP contribution in [0.1, 0.15) is 11.1 Å². The van der Waals surface area contributed by atoms with Gasteiger partial charge in [0.1, 0.15) is 0 Å². The molecule has 0 atom stereocenters. The van der Waals surface area contributed by atoms with E-state index in [2.05, 4.69) is 5.92 Å². The summed E-state index contributed by atoms with van der Waals surface area (Å²) in [4.78, 5) is 0. The van der Waals surface area contributed by atoms with Crippen LogP contribution in [0.3, 0.4) is 0 Å². The zero-order chi connectivity index (χ0) is 10.6. The Morgan fingerprint density at radius 2 is 1.79 bits per heavy atom. The highest BCUT2D eigenvalue weighted by Gasteiger charge is 2.29. The molecule has 1 radical (unpaired) electrons. The van der Waals surface area contributed by atoms with E-state index < -0.39 is 11.7 Å². The lowest BCUT2D eigenvalue weighted by molar-refractivity contribution is -0.137. The zero-order valence-corrected chi connectivity index (χ0v) is 7.31. The predicted molar refractivity (Wildman–Crippen MR) is 48.3 cm³/mol. The largest absolute Gasteiger partial charge is 0.416 e. The van der Waals surface area contributed by atoms with Crippen molar-refractivity contribution in [1.82, 2.24) is 0 Å². The molecule has 0 aromatic heterocycles. The number of rotatable bonds is 2. The van der Waals surface area contributed by atoms with Crippen molar-refractivity contribution < 1.29 is 13.2 Å². The van der Waals surface area contributed by atoms with E-state index in [1.165, 1.54) is 12.1 Å². The number of halogens is 3. The van der Waals surface area contributed by atoms with Crippen molar-refractivity contribution >= 4 is 0 Å². The average molecular weight is 197 g/mol. The molecule has 0 unspecified atom stereocenters. The maximum atomic E-state index is 12.1. The van der Waals surface area contributed by atoms with E-state index >= 15 is 0 Å². The van der Waals surface area contributed by atoms with Crippen molar-refractivity contribution in [2.75, 3.05) is 0 Å². The van der Waals surface area contributed by atoms with Gasteiger partial charge in [-0.2, -0.15) is 13.2 Å². The number of alkyl halides is 3. The third-order valence-electron chi connectivity index (χ3n) is 1.74. The summed E-state index contributed by atoms with van der Waals surface area (Å²) in [5.41, 5.74) is 0.137. The van der Waals surface area contributed by atoms with E-state index in [4.69, 9.17) is 6.42 Å². The molecule has 1 aromatic rings. The summed E-state index contributed by atoms with van der Waals surface area (Å²) in [6.45, 7) is 0. The molecule has 1 aromatic carbocycles. The summed E-state index contributed by atoms with van der Waals surface area (Å²) in [7, 11) is 0. The van der Waals surface area contributed by atoms with E-state index in [1.54, 1.807) is 6.42 Å². The van der Waals surface area contributed by atoms with E-state index in [0.29, 0.717) is 6.42 Å². The molecule has 0 nitrogen and oxygen atoms in total. The quantitative estimate of drug-likeness (QED) is 0.639. The third-order valence-corrected chi connectivity index (χ3v) is 1.74. The van der Waals surface area contributed by atoms with Crippen molar-refractivity contribution in [1.29, 1.82) is 0 Å². The van der Waals surface area contributed by atoms with Gasteiger partial charge in [0, 0.05) is 6.42 Å². The minimum atomic E-state index is -4.27. The first-order valence-corrected chi connectivity index (χ1v) is 3.98. The topological polar surface area (TPSA) is 0 Å². The highest BCUT2D eigenvalue weighted by atomic mass is 19.4. The van der Waals surface area contributed by atoms with Crippen molar-refractivity contribution in [3.8, 4) is 12.3 Å². The monoisotopic (exact) mass is 197 g/mol. The Balaban J connectivity index is 2.75. The lowest BCUT2D eigenvalue weighted by Crippen LogP contribution is -2.04. The fraction of sp³-hybridized carbons (Fsp3) is 0.182. The summed E-state index contributed by atoms with van der Waals surface area (Å²) in [5, 5.41) is 0. The molecule has 0 heterocycles. The number of hydrogen-bond donors (Lipinski definition) is 0. The molecule has 0 saturated heterocycles. The molecule has 0 fully saturated rings. The average Bonchev–Trinajstić information content (AvgIpc) is 2.14. The minimum absolute atomic E-state index is 0.495. The second-order valence-electron chi connectivity index (χ2n) is 2.77. The van der Waals surface area contributed by atoms with Gasteiger partial charge >= 0.3 is 6.18 Å². The Morgan fingerprint density at radius 1 is 1.21 bits per heavy atom. The van der Waals surface area contributed by atoms with Crippen LogP contribution in [0.15, 0.2) is 24.3 Å². The maximum Gasteiger partial charge on any atom is 0.416 e. The van der Waals surface area contributed by atoms with E-state index in [-0.39, 0.29) is 0 Å².